The van der Waals surface area contributed by atoms with Crippen molar-refractivity contribution in [1.82, 2.24) is 4.48 Å². The number of aromatic nitrogens is 1. The van der Waals surface area contributed by atoms with Gasteiger partial charge in [-0.1, -0.05) is 206 Å². The normalized spacial score (nSPS) is 14.2. The SMILES string of the molecule is CC(C)(C)c1ccc(N2c3cc(C(C)(C)C)cc4c3B(c3oc5c(C(C)(C)C)cc(C(C)(C)C)cc5c32)n2c3ccc(C(C)(C)C)cc3c3c(N(c5ccc(C(C)(C)C)cc5)c5ccc(C(C)(C)C)cc5)ccc-4c32)cc1. The van der Waals surface area contributed by atoms with Crippen molar-refractivity contribution in [2.45, 2.75) is 183 Å². The molecule has 0 N–H and O–H groups in total. The highest BCUT2D eigenvalue weighted by atomic mass is 16.3. The van der Waals surface area contributed by atoms with Gasteiger partial charge < -0.3 is 18.7 Å². The molecule has 2 aliphatic rings. The Morgan fingerprint density at radius 2 is 0.883 bits per heavy atom. The smallest absolute Gasteiger partial charge is 0.375 e. The minimum absolute atomic E-state index is 0.00512. The predicted molar refractivity (Wildman–Crippen MR) is 335 cm³/mol. The Balaban J connectivity index is 1.33. The molecule has 5 heteroatoms. The first-order valence-electron chi connectivity index (χ1n) is 28.5. The average molecular weight is 1020 g/mol. The fraction of sp³-hybridized carbons (Fsp3) is 0.389. The van der Waals surface area contributed by atoms with Crippen LogP contribution in [-0.4, -0.2) is 11.3 Å². The third-order valence-corrected chi connectivity index (χ3v) is 17.0. The number of rotatable bonds is 4. The number of hydrogen-bond acceptors (Lipinski definition) is 3. The van der Waals surface area contributed by atoms with E-state index in [9.17, 15) is 0 Å². The van der Waals surface area contributed by atoms with Crippen LogP contribution in [0.1, 0.15) is 184 Å². The van der Waals surface area contributed by atoms with Crippen molar-refractivity contribution >= 4 is 84.9 Å². The standard InChI is InChI=1S/C72H84BN3O/c1-66(2,3)43-22-29-49(30-23-43)74(50-31-24-44(25-32-50)67(4,5)6)58-37-35-52-53-39-48(71(16,17)18)42-59-61(53)73(76-57-36-28-46(69(10,11)12)38-54(57)60(58)62(52)76)65-63(75(59)51-33-26-45(27-34-51)68(7,8)9)55-40-47(70(13,14)15)41-56(64(55)77-65)72(19,20)21/h22-42H,1-21H3. The van der Waals surface area contributed by atoms with E-state index >= 15 is 0 Å². The van der Waals surface area contributed by atoms with Crippen LogP contribution in [0.3, 0.4) is 0 Å². The van der Waals surface area contributed by atoms with Gasteiger partial charge in [0, 0.05) is 61.1 Å². The van der Waals surface area contributed by atoms with Crippen molar-refractivity contribution in [3.63, 3.8) is 0 Å². The van der Waals surface area contributed by atoms with Crippen molar-refractivity contribution in [2.24, 2.45) is 0 Å². The van der Waals surface area contributed by atoms with Gasteiger partial charge in [0.2, 0.25) is 0 Å². The summed E-state index contributed by atoms with van der Waals surface area (Å²) in [6.45, 7) is 48.7. The second-order valence-electron chi connectivity index (χ2n) is 30.1. The summed E-state index contributed by atoms with van der Waals surface area (Å²) in [6.07, 6.45) is 0. The maximum absolute atomic E-state index is 7.86. The molecule has 0 radical (unpaired) electrons. The fourth-order valence-corrected chi connectivity index (χ4v) is 12.2. The highest BCUT2D eigenvalue weighted by Gasteiger charge is 2.48. The largest absolute Gasteiger partial charge is 0.466 e. The van der Waals surface area contributed by atoms with E-state index in [0.717, 1.165) is 45.1 Å². The number of hydrogen-bond donors (Lipinski definition) is 0. The second kappa shape index (κ2) is 17.0. The lowest BCUT2D eigenvalue weighted by atomic mass is 9.47. The molecule has 0 saturated heterocycles. The molecule has 11 rings (SSSR count). The van der Waals surface area contributed by atoms with Gasteiger partial charge in [-0.05, 0) is 149 Å². The van der Waals surface area contributed by atoms with Crippen LogP contribution >= 0.6 is 0 Å². The molecule has 2 aromatic heterocycles. The Morgan fingerprint density at radius 3 is 1.38 bits per heavy atom. The molecule has 0 amide bonds. The number of benzene rings is 7. The van der Waals surface area contributed by atoms with Crippen LogP contribution in [0.15, 0.2) is 132 Å². The topological polar surface area (TPSA) is 24.6 Å². The average Bonchev–Trinajstić information content (AvgIpc) is 3.80. The minimum Gasteiger partial charge on any atom is -0.466 e. The van der Waals surface area contributed by atoms with Crippen molar-refractivity contribution in [2.75, 3.05) is 9.80 Å². The van der Waals surface area contributed by atoms with Crippen LogP contribution in [0.4, 0.5) is 34.1 Å². The van der Waals surface area contributed by atoms with E-state index in [1.165, 1.54) is 83.0 Å². The van der Waals surface area contributed by atoms with Crippen molar-refractivity contribution in [3.8, 4) is 11.1 Å². The monoisotopic (exact) mass is 1020 g/mol. The highest BCUT2D eigenvalue weighted by molar-refractivity contribution is 6.89. The maximum Gasteiger partial charge on any atom is 0.375 e. The Morgan fingerprint density at radius 1 is 0.416 bits per heavy atom. The number of anilines is 6. The third-order valence-electron chi connectivity index (χ3n) is 17.0. The van der Waals surface area contributed by atoms with Gasteiger partial charge in [0.05, 0.1) is 11.4 Å². The molecule has 4 heterocycles. The van der Waals surface area contributed by atoms with E-state index in [4.69, 9.17) is 4.42 Å². The van der Waals surface area contributed by atoms with Crippen LogP contribution in [0.25, 0.3) is 43.9 Å². The zero-order valence-electron chi connectivity index (χ0n) is 50.5. The number of nitrogens with zero attached hydrogens (tertiary/aromatic N) is 3. The summed E-state index contributed by atoms with van der Waals surface area (Å²) in [5.74, 6) is 0. The molecule has 0 fully saturated rings. The van der Waals surface area contributed by atoms with Crippen molar-refractivity contribution in [3.05, 3.63) is 166 Å². The van der Waals surface area contributed by atoms with Crippen LogP contribution in [-0.2, 0) is 37.9 Å². The number of furan rings is 1. The summed E-state index contributed by atoms with van der Waals surface area (Å²) in [7, 11) is 0. The zero-order chi connectivity index (χ0) is 55.6. The van der Waals surface area contributed by atoms with Gasteiger partial charge in [-0.3, -0.25) is 0 Å². The van der Waals surface area contributed by atoms with Crippen LogP contribution < -0.4 is 20.9 Å². The summed E-state index contributed by atoms with van der Waals surface area (Å²) in [5, 5.41) is 3.66. The van der Waals surface area contributed by atoms with Crippen LogP contribution in [0.2, 0.25) is 0 Å². The van der Waals surface area contributed by atoms with Gasteiger partial charge in [0.1, 0.15) is 11.2 Å². The first-order valence-corrected chi connectivity index (χ1v) is 28.5. The van der Waals surface area contributed by atoms with Gasteiger partial charge in [0.15, 0.2) is 0 Å². The first kappa shape index (κ1) is 52.6. The predicted octanol–water partition coefficient (Wildman–Crippen LogP) is 19.5. The van der Waals surface area contributed by atoms with Gasteiger partial charge in [0.25, 0.3) is 0 Å². The highest BCUT2D eigenvalue weighted by Crippen LogP contribution is 2.53. The van der Waals surface area contributed by atoms with Crippen LogP contribution in [0, 0.1) is 0 Å². The molecular weight excluding hydrogens is 934 g/mol. The first-order chi connectivity index (χ1) is 35.6. The molecule has 0 aliphatic carbocycles. The second-order valence-corrected chi connectivity index (χ2v) is 30.1. The lowest BCUT2D eigenvalue weighted by molar-refractivity contribution is 0.557. The van der Waals surface area contributed by atoms with Gasteiger partial charge in [-0.2, -0.15) is 0 Å². The van der Waals surface area contributed by atoms with Crippen molar-refractivity contribution < 1.29 is 4.42 Å². The quantitative estimate of drug-likeness (QED) is 0.164. The Kier molecular flexibility index (Phi) is 11.6. The molecule has 0 saturated carbocycles. The molecular formula is C72H84BN3O. The summed E-state index contributed by atoms with van der Waals surface area (Å²) < 4.78 is 10.6. The Hall–Kier alpha value is -6.46. The van der Waals surface area contributed by atoms with Gasteiger partial charge in [-0.15, -0.1) is 0 Å². The molecule has 0 atom stereocenters. The van der Waals surface area contributed by atoms with E-state index in [2.05, 4.69) is 287 Å². The summed E-state index contributed by atoms with van der Waals surface area (Å²) in [4.78, 5) is 5.11. The zero-order valence-corrected chi connectivity index (χ0v) is 50.5. The fourth-order valence-electron chi connectivity index (χ4n) is 12.2. The molecule has 7 aromatic carbocycles. The summed E-state index contributed by atoms with van der Waals surface area (Å²) in [6, 6.07) is 50.2. The minimum atomic E-state index is -0.277. The Bertz CT molecular complexity index is 3760. The van der Waals surface area contributed by atoms with E-state index in [1.54, 1.807) is 0 Å². The molecule has 0 bridgehead atoms. The summed E-state index contributed by atoms with van der Waals surface area (Å²) in [5.41, 5.74) is 23.7. The molecule has 77 heavy (non-hydrogen) atoms. The maximum atomic E-state index is 7.86. The van der Waals surface area contributed by atoms with E-state index < -0.39 is 0 Å². The van der Waals surface area contributed by atoms with Gasteiger partial charge >= 0.3 is 6.85 Å². The Labute approximate surface area is 462 Å². The van der Waals surface area contributed by atoms with Gasteiger partial charge in [-0.25, -0.2) is 0 Å². The molecule has 2 aliphatic heterocycles. The van der Waals surface area contributed by atoms with Crippen LogP contribution in [0.5, 0.6) is 0 Å². The molecule has 0 spiro atoms. The third kappa shape index (κ3) is 8.65. The molecule has 0 unspecified atom stereocenters. The molecule has 9 aromatic rings. The number of fused-ring (bicyclic) bond motifs is 9. The van der Waals surface area contributed by atoms with Crippen molar-refractivity contribution in [1.29, 1.82) is 0 Å². The van der Waals surface area contributed by atoms with E-state index in [0.29, 0.717) is 0 Å². The lowest BCUT2D eigenvalue weighted by Crippen LogP contribution is -2.56. The van der Waals surface area contributed by atoms with E-state index in [1.807, 2.05) is 0 Å². The summed E-state index contributed by atoms with van der Waals surface area (Å²) >= 11 is 0. The lowest BCUT2D eigenvalue weighted by Gasteiger charge is -2.40. The molecule has 4 nitrogen and oxygen atoms in total. The molecule has 396 valence electrons. The van der Waals surface area contributed by atoms with E-state index in [-0.39, 0.29) is 44.8 Å².